The quantitative estimate of drug-likeness (QED) is 0.712. The Balaban J connectivity index is 1.58. The van der Waals surface area contributed by atoms with E-state index in [2.05, 4.69) is 29.2 Å². The third-order valence-corrected chi connectivity index (χ3v) is 4.87. The van der Waals surface area contributed by atoms with Crippen LogP contribution in [0, 0.1) is 0 Å². The van der Waals surface area contributed by atoms with Gasteiger partial charge < -0.3 is 20.0 Å². The maximum atomic E-state index is 12.0. The van der Waals surface area contributed by atoms with E-state index < -0.39 is 0 Å². The van der Waals surface area contributed by atoms with Crippen LogP contribution in [0.1, 0.15) is 32.1 Å². The Labute approximate surface area is 129 Å². The fourth-order valence-electron chi connectivity index (χ4n) is 2.91. The SMILES string of the molecule is CN1CCC(N(C)CCN(C)C(=O)CCNC2CC2)CC1. The normalized spacial score (nSPS) is 21.0. The van der Waals surface area contributed by atoms with Crippen LogP contribution in [0.5, 0.6) is 0 Å². The van der Waals surface area contributed by atoms with E-state index in [1.807, 2.05) is 11.9 Å². The highest BCUT2D eigenvalue weighted by molar-refractivity contribution is 5.76. The van der Waals surface area contributed by atoms with Crippen molar-refractivity contribution in [3.05, 3.63) is 0 Å². The summed E-state index contributed by atoms with van der Waals surface area (Å²) in [5.41, 5.74) is 0. The van der Waals surface area contributed by atoms with E-state index in [1.165, 1.54) is 38.8 Å². The number of nitrogens with zero attached hydrogens (tertiary/aromatic N) is 3. The third-order valence-electron chi connectivity index (χ3n) is 4.87. The van der Waals surface area contributed by atoms with Gasteiger partial charge in [-0.1, -0.05) is 0 Å². The van der Waals surface area contributed by atoms with Gasteiger partial charge >= 0.3 is 0 Å². The highest BCUT2D eigenvalue weighted by atomic mass is 16.2. The lowest BCUT2D eigenvalue weighted by Crippen LogP contribution is -2.45. The fraction of sp³-hybridized carbons (Fsp3) is 0.938. The lowest BCUT2D eigenvalue weighted by atomic mass is 10.0. The van der Waals surface area contributed by atoms with Gasteiger partial charge in [0.2, 0.25) is 5.91 Å². The van der Waals surface area contributed by atoms with Gasteiger partial charge in [-0.15, -0.1) is 0 Å². The van der Waals surface area contributed by atoms with E-state index in [0.29, 0.717) is 18.5 Å². The van der Waals surface area contributed by atoms with Gasteiger partial charge in [0.25, 0.3) is 0 Å². The molecule has 1 saturated heterocycles. The first-order valence-electron chi connectivity index (χ1n) is 8.42. The average molecular weight is 296 g/mol. The Morgan fingerprint density at radius 2 is 1.81 bits per heavy atom. The maximum Gasteiger partial charge on any atom is 0.223 e. The second-order valence-electron chi connectivity index (χ2n) is 6.81. The van der Waals surface area contributed by atoms with Crippen LogP contribution in [0.25, 0.3) is 0 Å². The molecule has 5 heteroatoms. The van der Waals surface area contributed by atoms with Gasteiger partial charge in [-0.2, -0.15) is 0 Å². The van der Waals surface area contributed by atoms with E-state index in [0.717, 1.165) is 19.6 Å². The van der Waals surface area contributed by atoms with Crippen molar-refractivity contribution in [1.29, 1.82) is 0 Å². The molecule has 5 nitrogen and oxygen atoms in total. The van der Waals surface area contributed by atoms with Gasteiger partial charge in [-0.05, 0) is 52.9 Å². The summed E-state index contributed by atoms with van der Waals surface area (Å²) in [6.45, 7) is 5.03. The van der Waals surface area contributed by atoms with Crippen LogP contribution in [0.2, 0.25) is 0 Å². The second kappa shape index (κ2) is 8.11. The van der Waals surface area contributed by atoms with Crippen molar-refractivity contribution in [3.8, 4) is 0 Å². The van der Waals surface area contributed by atoms with Gasteiger partial charge in [-0.25, -0.2) is 0 Å². The van der Waals surface area contributed by atoms with Gasteiger partial charge in [0.1, 0.15) is 0 Å². The number of hydrogen-bond acceptors (Lipinski definition) is 4. The van der Waals surface area contributed by atoms with E-state index in [1.54, 1.807) is 0 Å². The average Bonchev–Trinajstić information content (AvgIpc) is 3.29. The summed E-state index contributed by atoms with van der Waals surface area (Å²) >= 11 is 0. The lowest BCUT2D eigenvalue weighted by molar-refractivity contribution is -0.130. The van der Waals surface area contributed by atoms with Gasteiger partial charge in [0, 0.05) is 45.2 Å². The minimum atomic E-state index is 0.264. The molecule has 0 aromatic rings. The zero-order chi connectivity index (χ0) is 15.2. The van der Waals surface area contributed by atoms with E-state index in [9.17, 15) is 4.79 Å². The zero-order valence-electron chi connectivity index (χ0n) is 14.0. The molecule has 1 aliphatic heterocycles. The Bertz CT molecular complexity index is 324. The Morgan fingerprint density at radius 1 is 1.14 bits per heavy atom. The van der Waals surface area contributed by atoms with Crippen LogP contribution in [0.15, 0.2) is 0 Å². The maximum absolute atomic E-state index is 12.0. The molecular formula is C16H32N4O. The standard InChI is InChI=1S/C16H32N4O/c1-18-10-7-15(8-11-18)19(2)12-13-20(3)16(21)6-9-17-14-4-5-14/h14-15,17H,4-13H2,1-3H3. The van der Waals surface area contributed by atoms with Crippen LogP contribution < -0.4 is 5.32 Å². The van der Waals surface area contributed by atoms with Crippen molar-refractivity contribution in [2.45, 2.75) is 44.2 Å². The summed E-state index contributed by atoms with van der Waals surface area (Å²) in [5, 5.41) is 3.40. The first-order chi connectivity index (χ1) is 10.1. The molecule has 0 radical (unpaired) electrons. The summed E-state index contributed by atoms with van der Waals surface area (Å²) in [4.78, 5) is 18.8. The van der Waals surface area contributed by atoms with Crippen LogP contribution in [0.3, 0.4) is 0 Å². The molecule has 0 atom stereocenters. The second-order valence-corrected chi connectivity index (χ2v) is 6.81. The van der Waals surface area contributed by atoms with Crippen LogP contribution >= 0.6 is 0 Å². The fourth-order valence-corrected chi connectivity index (χ4v) is 2.91. The minimum Gasteiger partial charge on any atom is -0.344 e. The molecular weight excluding hydrogens is 264 g/mol. The molecule has 2 rings (SSSR count). The van der Waals surface area contributed by atoms with Crippen molar-refractivity contribution in [1.82, 2.24) is 20.0 Å². The molecule has 122 valence electrons. The Morgan fingerprint density at radius 3 is 2.43 bits per heavy atom. The predicted octanol–water partition coefficient (Wildman–Crippen LogP) is 0.613. The predicted molar refractivity (Wildman–Crippen MR) is 86.4 cm³/mol. The molecule has 2 aliphatic rings. The molecule has 1 N–H and O–H groups in total. The first-order valence-corrected chi connectivity index (χ1v) is 8.42. The molecule has 0 bridgehead atoms. The van der Waals surface area contributed by atoms with Crippen LogP contribution in [0.4, 0.5) is 0 Å². The van der Waals surface area contributed by atoms with Crippen molar-refractivity contribution in [2.75, 3.05) is 53.9 Å². The molecule has 1 amide bonds. The largest absolute Gasteiger partial charge is 0.344 e. The van der Waals surface area contributed by atoms with E-state index in [4.69, 9.17) is 0 Å². The van der Waals surface area contributed by atoms with Gasteiger partial charge in [0.05, 0.1) is 0 Å². The van der Waals surface area contributed by atoms with E-state index >= 15 is 0 Å². The molecule has 2 fully saturated rings. The van der Waals surface area contributed by atoms with Gasteiger partial charge in [-0.3, -0.25) is 4.79 Å². The van der Waals surface area contributed by atoms with Crippen molar-refractivity contribution in [2.24, 2.45) is 0 Å². The smallest absolute Gasteiger partial charge is 0.223 e. The highest BCUT2D eigenvalue weighted by Gasteiger charge is 2.22. The number of amides is 1. The number of carbonyl (C=O) groups excluding carboxylic acids is 1. The number of likely N-dealkylation sites (N-methyl/N-ethyl adjacent to an activating group) is 2. The first kappa shape index (κ1) is 16.7. The van der Waals surface area contributed by atoms with E-state index in [-0.39, 0.29) is 5.91 Å². The summed E-state index contributed by atoms with van der Waals surface area (Å²) in [5.74, 6) is 0.264. The number of piperidine rings is 1. The molecule has 1 aliphatic carbocycles. The molecule has 0 unspecified atom stereocenters. The zero-order valence-corrected chi connectivity index (χ0v) is 14.0. The molecule has 21 heavy (non-hydrogen) atoms. The summed E-state index contributed by atoms with van der Waals surface area (Å²) in [6.07, 6.45) is 5.69. The molecule has 0 spiro atoms. The summed E-state index contributed by atoms with van der Waals surface area (Å²) in [7, 11) is 6.32. The Hall–Kier alpha value is -0.650. The summed E-state index contributed by atoms with van der Waals surface area (Å²) < 4.78 is 0. The number of carbonyl (C=O) groups is 1. The van der Waals surface area contributed by atoms with Gasteiger partial charge in [0.15, 0.2) is 0 Å². The third kappa shape index (κ3) is 5.93. The Kier molecular flexibility index (Phi) is 6.45. The number of likely N-dealkylation sites (tertiary alicyclic amines) is 1. The minimum absolute atomic E-state index is 0.264. The number of nitrogens with one attached hydrogen (secondary N) is 1. The monoisotopic (exact) mass is 296 g/mol. The van der Waals surface area contributed by atoms with Crippen molar-refractivity contribution < 1.29 is 4.79 Å². The topological polar surface area (TPSA) is 38.8 Å². The van der Waals surface area contributed by atoms with Crippen LogP contribution in [-0.2, 0) is 4.79 Å². The molecule has 0 aromatic carbocycles. The number of hydrogen-bond donors (Lipinski definition) is 1. The molecule has 0 aromatic heterocycles. The highest BCUT2D eigenvalue weighted by Crippen LogP contribution is 2.18. The molecule has 1 heterocycles. The van der Waals surface area contributed by atoms with Crippen molar-refractivity contribution in [3.63, 3.8) is 0 Å². The summed E-state index contributed by atoms with van der Waals surface area (Å²) in [6, 6.07) is 1.37. The van der Waals surface area contributed by atoms with Crippen molar-refractivity contribution >= 4 is 5.91 Å². The molecule has 1 saturated carbocycles. The van der Waals surface area contributed by atoms with Crippen LogP contribution in [-0.4, -0.2) is 86.6 Å². The number of rotatable bonds is 8. The lowest BCUT2D eigenvalue weighted by Gasteiger charge is -2.35.